The molecule has 2 aromatic heterocycles. The molecule has 0 radical (unpaired) electrons. The van der Waals surface area contributed by atoms with E-state index in [1.54, 1.807) is 0 Å². The first-order valence-electron chi connectivity index (χ1n) is 10.7. The van der Waals surface area contributed by atoms with Crippen molar-refractivity contribution in [3.8, 4) is 0 Å². The maximum atomic E-state index is 13.9. The maximum absolute atomic E-state index is 13.9. The summed E-state index contributed by atoms with van der Waals surface area (Å²) >= 11 is 1.42. The van der Waals surface area contributed by atoms with Crippen molar-refractivity contribution in [3.05, 3.63) is 34.2 Å². The highest BCUT2D eigenvalue weighted by Gasteiger charge is 2.52. The van der Waals surface area contributed by atoms with Crippen LogP contribution in [0.5, 0.6) is 0 Å². The lowest BCUT2D eigenvalue weighted by atomic mass is 9.65. The third-order valence-electron chi connectivity index (χ3n) is 7.03. The predicted octanol–water partition coefficient (Wildman–Crippen LogP) is 5.65. The largest absolute Gasteiger partial charge is 0.410 e. The van der Waals surface area contributed by atoms with Crippen molar-refractivity contribution in [2.75, 3.05) is 11.9 Å². The number of anilines is 1. The number of nitrogens with one attached hydrogen (secondary N) is 1. The fraction of sp³-hybridized carbons (Fsp3) is 0.636. The van der Waals surface area contributed by atoms with Crippen LogP contribution < -0.4 is 5.32 Å². The quantitative estimate of drug-likeness (QED) is 0.641. The van der Waals surface area contributed by atoms with Crippen molar-refractivity contribution in [2.45, 2.75) is 70.8 Å². The molecule has 1 aliphatic carbocycles. The number of rotatable bonds is 2. The van der Waals surface area contributed by atoms with E-state index in [1.165, 1.54) is 17.5 Å². The van der Waals surface area contributed by atoms with E-state index < -0.39 is 18.3 Å². The van der Waals surface area contributed by atoms with E-state index in [-0.39, 0.29) is 40.6 Å². The number of thiophene rings is 1. The molecule has 31 heavy (non-hydrogen) atoms. The molecule has 2 fully saturated rings. The molecule has 4 heterocycles. The van der Waals surface area contributed by atoms with Crippen LogP contribution in [0.3, 0.4) is 0 Å². The van der Waals surface area contributed by atoms with Gasteiger partial charge in [0.2, 0.25) is 0 Å². The molecular weight excluding hydrogens is 425 g/mol. The topological polar surface area (TPSA) is 50.2 Å². The van der Waals surface area contributed by atoms with Crippen molar-refractivity contribution in [1.82, 2.24) is 14.7 Å². The molecule has 1 saturated carbocycles. The fourth-order valence-corrected chi connectivity index (χ4v) is 7.04. The van der Waals surface area contributed by atoms with Crippen molar-refractivity contribution in [1.29, 1.82) is 0 Å². The molecule has 5 rings (SSSR count). The van der Waals surface area contributed by atoms with Gasteiger partial charge in [0, 0.05) is 23.9 Å². The van der Waals surface area contributed by atoms with Crippen LogP contribution in [0, 0.1) is 10.8 Å². The van der Waals surface area contributed by atoms with Crippen LogP contribution in [0.25, 0.3) is 0 Å². The number of likely N-dealkylation sites (tertiary alicyclic amines) is 1. The van der Waals surface area contributed by atoms with Gasteiger partial charge in [0.05, 0.1) is 12.2 Å². The predicted molar refractivity (Wildman–Crippen MR) is 113 cm³/mol. The van der Waals surface area contributed by atoms with Gasteiger partial charge >= 0.3 is 6.18 Å². The minimum absolute atomic E-state index is 0.0523. The van der Waals surface area contributed by atoms with Crippen LogP contribution >= 0.6 is 11.3 Å². The van der Waals surface area contributed by atoms with Crippen molar-refractivity contribution in [3.63, 3.8) is 0 Å². The van der Waals surface area contributed by atoms with E-state index in [4.69, 9.17) is 0 Å². The summed E-state index contributed by atoms with van der Waals surface area (Å²) in [6.45, 7) is 7.32. The van der Waals surface area contributed by atoms with Gasteiger partial charge in [-0.1, -0.05) is 26.8 Å². The maximum Gasteiger partial charge on any atom is 0.410 e. The minimum atomic E-state index is -4.44. The zero-order valence-electron chi connectivity index (χ0n) is 17.9. The van der Waals surface area contributed by atoms with Gasteiger partial charge < -0.3 is 10.2 Å². The molecule has 2 aromatic rings. The number of hydrogen-bond donors (Lipinski definition) is 1. The second kappa shape index (κ2) is 6.73. The van der Waals surface area contributed by atoms with Gasteiger partial charge in [-0.3, -0.25) is 4.79 Å². The molecule has 1 N–H and O–H groups in total. The van der Waals surface area contributed by atoms with E-state index >= 15 is 0 Å². The number of carbonyl (C=O) groups excluding carboxylic acids is 1. The lowest BCUT2D eigenvalue weighted by Gasteiger charge is -2.39. The smallest absolute Gasteiger partial charge is 0.362 e. The zero-order valence-corrected chi connectivity index (χ0v) is 18.7. The van der Waals surface area contributed by atoms with Crippen LogP contribution in [0.4, 0.5) is 19.0 Å². The standard InChI is InChI=1S/C22H27F3N4OS/c1-20(2)8-13-9-21(3,11-20)12-28(13)19(30)14-10-26-29-17(22(23,24)25)7-15(27-18(14)29)16-5-4-6-31-16/h4-6,10,13,15,17,27H,7-9,11-12H2,1-3H3/t13-,15+,17-,21+/m0/s1. The number of hydrogen-bond acceptors (Lipinski definition) is 4. The van der Waals surface area contributed by atoms with Crippen LogP contribution in [-0.4, -0.2) is 39.4 Å². The first kappa shape index (κ1) is 20.8. The highest BCUT2D eigenvalue weighted by Crippen LogP contribution is 2.53. The summed E-state index contributed by atoms with van der Waals surface area (Å²) in [5.74, 6) is -0.0317. The second-order valence-electron chi connectivity index (χ2n) is 10.5. The first-order valence-corrected chi connectivity index (χ1v) is 11.6. The Labute approximate surface area is 183 Å². The Morgan fingerprint density at radius 3 is 2.74 bits per heavy atom. The van der Waals surface area contributed by atoms with Gasteiger partial charge in [0.1, 0.15) is 11.4 Å². The van der Waals surface area contributed by atoms with Gasteiger partial charge in [-0.25, -0.2) is 4.68 Å². The van der Waals surface area contributed by atoms with Crippen LogP contribution in [0.2, 0.25) is 0 Å². The molecule has 2 aliphatic heterocycles. The molecule has 1 saturated heterocycles. The Balaban J connectivity index is 1.50. The highest BCUT2D eigenvalue weighted by molar-refractivity contribution is 7.10. The summed E-state index contributed by atoms with van der Waals surface area (Å²) in [5, 5.41) is 9.09. The average Bonchev–Trinajstić information content (AvgIpc) is 3.36. The summed E-state index contributed by atoms with van der Waals surface area (Å²) in [6, 6.07) is 1.51. The Morgan fingerprint density at radius 1 is 1.29 bits per heavy atom. The van der Waals surface area contributed by atoms with Crippen molar-refractivity contribution < 1.29 is 18.0 Å². The molecule has 0 unspecified atom stereocenters. The van der Waals surface area contributed by atoms with E-state index in [0.717, 1.165) is 28.8 Å². The van der Waals surface area contributed by atoms with E-state index in [9.17, 15) is 18.0 Å². The van der Waals surface area contributed by atoms with Gasteiger partial charge in [0.15, 0.2) is 6.04 Å². The van der Waals surface area contributed by atoms with Gasteiger partial charge in [-0.15, -0.1) is 11.3 Å². The van der Waals surface area contributed by atoms with E-state index in [1.807, 2.05) is 22.4 Å². The molecule has 3 aliphatic rings. The lowest BCUT2D eigenvalue weighted by molar-refractivity contribution is -0.173. The monoisotopic (exact) mass is 452 g/mol. The Kier molecular flexibility index (Phi) is 4.53. The number of amides is 1. The molecule has 5 nitrogen and oxygen atoms in total. The summed E-state index contributed by atoms with van der Waals surface area (Å²) in [5.41, 5.74) is 0.440. The number of aromatic nitrogens is 2. The molecular formula is C22H27F3N4OS. The number of fused-ring (bicyclic) bond motifs is 3. The molecule has 1 amide bonds. The third-order valence-corrected chi connectivity index (χ3v) is 8.02. The Morgan fingerprint density at radius 2 is 2.06 bits per heavy atom. The molecule has 0 spiro atoms. The number of nitrogens with zero attached hydrogens (tertiary/aromatic N) is 3. The van der Waals surface area contributed by atoms with Crippen LogP contribution in [0.1, 0.15) is 73.8 Å². The number of alkyl halides is 3. The fourth-order valence-electron chi connectivity index (χ4n) is 6.25. The lowest BCUT2D eigenvalue weighted by Crippen LogP contribution is -2.39. The SMILES string of the molecule is CC1(C)C[C@H]2C[C@@](C)(CN2C(=O)c2cnn3c2N[C@@H](c2cccs2)C[C@H]3C(F)(F)F)C1. The zero-order chi connectivity index (χ0) is 22.2. The summed E-state index contributed by atoms with van der Waals surface area (Å²) in [6.07, 6.45) is -0.376. The first-order chi connectivity index (χ1) is 14.5. The number of carbonyl (C=O) groups is 1. The Hall–Kier alpha value is -2.03. The second-order valence-corrected chi connectivity index (χ2v) is 11.5. The highest BCUT2D eigenvalue weighted by atomic mass is 32.1. The minimum Gasteiger partial charge on any atom is -0.362 e. The van der Waals surface area contributed by atoms with Crippen molar-refractivity contribution >= 4 is 23.1 Å². The summed E-state index contributed by atoms with van der Waals surface area (Å²) < 4.78 is 42.6. The van der Waals surface area contributed by atoms with E-state index in [2.05, 4.69) is 31.2 Å². The number of halogens is 3. The van der Waals surface area contributed by atoms with Gasteiger partial charge in [0.25, 0.3) is 5.91 Å². The summed E-state index contributed by atoms with van der Waals surface area (Å²) in [7, 11) is 0. The molecule has 2 bridgehead atoms. The van der Waals surface area contributed by atoms with Crippen molar-refractivity contribution in [2.24, 2.45) is 10.8 Å². The molecule has 0 aromatic carbocycles. The molecule has 4 atom stereocenters. The van der Waals surface area contributed by atoms with Gasteiger partial charge in [-0.05, 0) is 41.5 Å². The van der Waals surface area contributed by atoms with Gasteiger partial charge in [-0.2, -0.15) is 18.3 Å². The van der Waals surface area contributed by atoms with Crippen LogP contribution in [-0.2, 0) is 0 Å². The molecule has 9 heteroatoms. The van der Waals surface area contributed by atoms with Crippen LogP contribution in [0.15, 0.2) is 23.7 Å². The average molecular weight is 453 g/mol. The Bertz CT molecular complexity index is 999. The van der Waals surface area contributed by atoms with E-state index in [0.29, 0.717) is 6.54 Å². The third kappa shape index (κ3) is 3.54. The normalized spacial score (nSPS) is 31.9. The molecule has 168 valence electrons. The summed E-state index contributed by atoms with van der Waals surface area (Å²) in [4.78, 5) is 16.3.